The molecule has 3 amide bonds. The minimum atomic E-state index is -0.747. The fourth-order valence-corrected chi connectivity index (χ4v) is 13.8. The highest BCUT2D eigenvalue weighted by Crippen LogP contribution is 2.35. The highest BCUT2D eigenvalue weighted by molar-refractivity contribution is 6.06. The number of aryl methyl sites for hydroxylation is 6. The number of fused-ring (bicyclic) bond motifs is 5. The number of hydrogen-bond donors (Lipinski definition) is 3. The Bertz CT molecular complexity index is 7250. The molecular formula is C93H71FN16O9. The molecule has 6 aromatic carbocycles. The van der Waals surface area contributed by atoms with Crippen LogP contribution in [-0.4, -0.2) is 81.6 Å². The van der Waals surface area contributed by atoms with Gasteiger partial charge in [-0.25, -0.2) is 18.9 Å². The van der Waals surface area contributed by atoms with Gasteiger partial charge in [0, 0.05) is 99.0 Å². The third kappa shape index (κ3) is 16.5. The Kier molecular flexibility index (Phi) is 22.3. The normalized spacial score (nSPS) is 11.7. The number of amides is 3. The van der Waals surface area contributed by atoms with Crippen molar-refractivity contribution in [2.24, 2.45) is 21.1 Å². The molecule has 17 rings (SSSR count). The zero-order chi connectivity index (χ0) is 83.1. The summed E-state index contributed by atoms with van der Waals surface area (Å²) in [7, 11) is 5.43. The number of halogens is 1. The largest absolute Gasteiger partial charge is 0.458 e. The Hall–Kier alpha value is -16.1. The Labute approximate surface area is 678 Å². The molecule has 17 aromatic rings. The molecule has 25 nitrogen and oxygen atoms in total. The summed E-state index contributed by atoms with van der Waals surface area (Å²) in [6, 6.07) is 43.3. The maximum atomic E-state index is 14.2. The summed E-state index contributed by atoms with van der Waals surface area (Å²) >= 11 is 0. The van der Waals surface area contributed by atoms with Gasteiger partial charge in [0.2, 0.25) is 16.3 Å². The molecule has 119 heavy (non-hydrogen) atoms. The summed E-state index contributed by atoms with van der Waals surface area (Å²) in [6.45, 7) is 10.5. The molecule has 0 saturated carbocycles. The van der Waals surface area contributed by atoms with Crippen molar-refractivity contribution in [3.05, 3.63) is 353 Å². The van der Waals surface area contributed by atoms with Gasteiger partial charge in [0.15, 0.2) is 5.65 Å². The SMILES string of the molecule is Cc1ncc2cccnc2c1C(=O)N[C@@H](C)c1oc2cccc(C#Cc3cnn(C)c3)c2c(=O)c1-c1ccccc1.Cc1nccnc1C(=O)N[C@@H](C)c1oc2cccc(C#Cc3cnn(C)c3)c2c(=O)c1-c1ccccc1.Cc1nn2cccnc2c1C(=O)N[C@@H](C)c1oc2cccc(C#Cc3cnn(C)c3)c2c(=O)c1-c1ccc(F)cc1. The molecule has 0 fully saturated rings. The number of carbonyl (C=O) groups excluding carboxylic acids is 3. The molecule has 0 spiro atoms. The van der Waals surface area contributed by atoms with E-state index in [0.29, 0.717) is 128 Å². The first kappa shape index (κ1) is 78.1. The molecule has 26 heteroatoms. The molecule has 0 unspecified atom stereocenters. The zero-order valence-electron chi connectivity index (χ0n) is 65.5. The van der Waals surface area contributed by atoms with Crippen molar-refractivity contribution in [3.63, 3.8) is 0 Å². The zero-order valence-corrected chi connectivity index (χ0v) is 65.5. The number of nitrogens with one attached hydrogen (secondary N) is 3. The number of hydrogen-bond acceptors (Lipinski definition) is 18. The van der Waals surface area contributed by atoms with Gasteiger partial charge in [-0.15, -0.1) is 0 Å². The smallest absolute Gasteiger partial charge is 0.272 e. The van der Waals surface area contributed by atoms with Crippen LogP contribution < -0.4 is 32.2 Å². The van der Waals surface area contributed by atoms with E-state index in [0.717, 1.165) is 16.5 Å². The first-order valence-corrected chi connectivity index (χ1v) is 37.5. The molecule has 0 aliphatic carbocycles. The standard InChI is InChI=1S/C33H25N5O3.C31H23FN6O3.C29H23N5O3/c1-20-27(30-25(18-35-20)12-8-16-34-30)33(40)37-21(2)32-29(23-9-5-4-6-10-23)31(39)28-24(11-7-13-26(28)41-32)15-14-22-17-36-38(3)19-22;1-18-25(30-33-14-5-15-38(30)36-18)31(40)35-19(2)29-27(22-10-12-23(32)13-11-22)28(39)26-21(6-4-7-24(26)41-29)9-8-20-16-34-37(3)17-20;1-18-26(31-15-14-30-18)29(36)33-19(2)28-25(21-8-5-4-6-9-21)27(35)24-22(10-7-11-23(24)37-28)13-12-20-16-32-34(3)17-20/h4-13,16-19,21H,1-3H3,(H,37,40);4-7,10-17,19H,1-3H3,(H,35,40);4-11,14-17,19H,1-3H3,(H,33,36)/t21-;2*19-/m000/s1. The second-order valence-corrected chi connectivity index (χ2v) is 27.8. The third-order valence-electron chi connectivity index (χ3n) is 19.4. The topological polar surface area (TPSA) is 313 Å². The van der Waals surface area contributed by atoms with Crippen molar-refractivity contribution in [3.8, 4) is 68.9 Å². The number of pyridine rings is 2. The Morgan fingerprint density at radius 3 is 1.29 bits per heavy atom. The highest BCUT2D eigenvalue weighted by Gasteiger charge is 2.30. The average molecular weight is 1580 g/mol. The lowest BCUT2D eigenvalue weighted by molar-refractivity contribution is 0.0923. The van der Waals surface area contributed by atoms with Gasteiger partial charge in [-0.1, -0.05) is 127 Å². The van der Waals surface area contributed by atoms with Crippen LogP contribution in [-0.2, 0) is 21.1 Å². The van der Waals surface area contributed by atoms with Crippen molar-refractivity contribution >= 4 is 67.2 Å². The average Bonchev–Trinajstić information content (AvgIpc) is 1.03. The predicted octanol–water partition coefficient (Wildman–Crippen LogP) is 14.1. The van der Waals surface area contributed by atoms with Crippen LogP contribution in [0, 0.1) is 62.1 Å². The van der Waals surface area contributed by atoms with Crippen LogP contribution in [0.4, 0.5) is 4.39 Å². The van der Waals surface area contributed by atoms with Gasteiger partial charge >= 0.3 is 0 Å². The van der Waals surface area contributed by atoms with Gasteiger partial charge in [-0.2, -0.15) is 20.4 Å². The third-order valence-corrected chi connectivity index (χ3v) is 19.4. The lowest BCUT2D eigenvalue weighted by Crippen LogP contribution is -2.29. The van der Waals surface area contributed by atoms with E-state index in [1.165, 1.54) is 41.2 Å². The summed E-state index contributed by atoms with van der Waals surface area (Å²) < 4.78 is 39.4. The molecule has 0 saturated heterocycles. The number of benzene rings is 6. The Morgan fingerprint density at radius 1 is 0.412 bits per heavy atom. The lowest BCUT2D eigenvalue weighted by atomic mass is 9.97. The summed E-state index contributed by atoms with van der Waals surface area (Å²) in [5.74, 6) is 17.7. The molecule has 0 aliphatic heterocycles. The maximum Gasteiger partial charge on any atom is 0.272 e. The van der Waals surface area contributed by atoms with E-state index >= 15 is 0 Å². The molecule has 11 aromatic heterocycles. The van der Waals surface area contributed by atoms with E-state index in [9.17, 15) is 33.2 Å². The van der Waals surface area contributed by atoms with Crippen LogP contribution in [0.15, 0.2) is 260 Å². The number of carbonyl (C=O) groups is 3. The van der Waals surface area contributed by atoms with Crippen LogP contribution in [0.2, 0.25) is 0 Å². The van der Waals surface area contributed by atoms with Crippen LogP contribution in [0.5, 0.6) is 0 Å². The predicted molar refractivity (Wildman–Crippen MR) is 448 cm³/mol. The van der Waals surface area contributed by atoms with E-state index in [-0.39, 0.29) is 44.6 Å². The summed E-state index contributed by atoms with van der Waals surface area (Å²) in [5.41, 5.74) is 10.2. The molecule has 0 aliphatic rings. The second-order valence-electron chi connectivity index (χ2n) is 27.8. The van der Waals surface area contributed by atoms with Crippen molar-refractivity contribution < 1.29 is 32.0 Å². The van der Waals surface area contributed by atoms with Crippen molar-refractivity contribution in [1.82, 2.24) is 79.8 Å². The summed E-state index contributed by atoms with van der Waals surface area (Å²) in [6.07, 6.45) is 20.0. The van der Waals surface area contributed by atoms with E-state index < -0.39 is 35.8 Å². The van der Waals surface area contributed by atoms with Gasteiger partial charge in [-0.05, 0) is 125 Å². The van der Waals surface area contributed by atoms with Crippen molar-refractivity contribution in [2.45, 2.75) is 59.7 Å². The van der Waals surface area contributed by atoms with Crippen LogP contribution in [0.3, 0.4) is 0 Å². The van der Waals surface area contributed by atoms with Crippen molar-refractivity contribution in [1.29, 1.82) is 0 Å². The number of rotatable bonds is 12. The van der Waals surface area contributed by atoms with Gasteiger partial charge in [0.25, 0.3) is 17.7 Å². The fourth-order valence-electron chi connectivity index (χ4n) is 13.8. The van der Waals surface area contributed by atoms with E-state index in [1.807, 2.05) is 80.8 Å². The molecular weight excluding hydrogens is 1500 g/mol. The van der Waals surface area contributed by atoms with E-state index in [2.05, 4.69) is 96.8 Å². The monoisotopic (exact) mass is 1570 g/mol. The maximum absolute atomic E-state index is 14.2. The highest BCUT2D eigenvalue weighted by atomic mass is 19.1. The van der Waals surface area contributed by atoms with Gasteiger partial charge < -0.3 is 29.2 Å². The Balaban J connectivity index is 0.000000140. The summed E-state index contributed by atoms with van der Waals surface area (Å²) in [4.78, 5) is 104. The van der Waals surface area contributed by atoms with Crippen LogP contribution in [0.25, 0.3) is 82.8 Å². The minimum absolute atomic E-state index is 0.204. The Morgan fingerprint density at radius 2 is 0.840 bits per heavy atom. The van der Waals surface area contributed by atoms with E-state index in [1.54, 1.807) is 191 Å². The van der Waals surface area contributed by atoms with Crippen LogP contribution >= 0.6 is 0 Å². The molecule has 3 N–H and O–H groups in total. The first-order valence-electron chi connectivity index (χ1n) is 37.5. The van der Waals surface area contributed by atoms with E-state index in [4.69, 9.17) is 13.3 Å². The molecule has 0 bridgehead atoms. The molecule has 0 radical (unpaired) electrons. The van der Waals surface area contributed by atoms with Crippen LogP contribution in [0.1, 0.15) is 138 Å². The molecule has 11 heterocycles. The van der Waals surface area contributed by atoms with Gasteiger partial charge in [-0.3, -0.25) is 57.8 Å². The van der Waals surface area contributed by atoms with Crippen molar-refractivity contribution in [2.75, 3.05) is 0 Å². The second kappa shape index (κ2) is 33.9. The first-order chi connectivity index (χ1) is 57.6. The van der Waals surface area contributed by atoms with Gasteiger partial charge in [0.05, 0.1) is 114 Å². The summed E-state index contributed by atoms with van der Waals surface area (Å²) in [5, 5.41) is 27.4. The quantitative estimate of drug-likeness (QED) is 0.0957. The lowest BCUT2D eigenvalue weighted by Gasteiger charge is -2.19. The molecule has 3 atom stereocenters. The minimum Gasteiger partial charge on any atom is -0.458 e. The number of aromatic nitrogens is 13. The fraction of sp³-hybridized carbons (Fsp3) is 0.129. The molecule has 584 valence electrons. The number of nitrogens with zero attached hydrogens (tertiary/aromatic N) is 13. The van der Waals surface area contributed by atoms with Gasteiger partial charge in [0.1, 0.15) is 51.1 Å².